The first-order chi connectivity index (χ1) is 9.17. The minimum Gasteiger partial charge on any atom is -0.496 e. The molecule has 3 N–H and O–H groups in total. The zero-order valence-corrected chi connectivity index (χ0v) is 11.1. The number of fused-ring (bicyclic) bond motifs is 1. The summed E-state index contributed by atoms with van der Waals surface area (Å²) in [6, 6.07) is 11.8. The van der Waals surface area contributed by atoms with Crippen LogP contribution in [0.3, 0.4) is 0 Å². The van der Waals surface area contributed by atoms with Gasteiger partial charge in [0.25, 0.3) is 0 Å². The van der Waals surface area contributed by atoms with Crippen LogP contribution < -0.4 is 15.8 Å². The third kappa shape index (κ3) is 2.69. The van der Waals surface area contributed by atoms with Gasteiger partial charge in [-0.05, 0) is 24.1 Å². The normalized spacial score (nSPS) is 12.3. The number of amides is 1. The van der Waals surface area contributed by atoms with E-state index in [-0.39, 0.29) is 18.4 Å². The predicted octanol–water partition coefficient (Wildman–Crippen LogP) is 1.98. The molecule has 0 bridgehead atoms. The Morgan fingerprint density at radius 2 is 1.95 bits per heavy atom. The maximum Gasteiger partial charge on any atom is 0.219 e. The van der Waals surface area contributed by atoms with Crippen molar-refractivity contribution in [1.29, 1.82) is 0 Å². The van der Waals surface area contributed by atoms with E-state index in [0.717, 1.165) is 22.1 Å². The molecule has 1 atom stereocenters. The van der Waals surface area contributed by atoms with Gasteiger partial charge < -0.3 is 15.8 Å². The van der Waals surface area contributed by atoms with E-state index in [1.165, 1.54) is 0 Å². The number of rotatable bonds is 5. The third-order valence-corrected chi connectivity index (χ3v) is 3.27. The molecule has 4 heteroatoms. The molecule has 4 nitrogen and oxygen atoms in total. The number of hydrogen-bond acceptors (Lipinski definition) is 3. The van der Waals surface area contributed by atoms with Crippen LogP contribution in [0.15, 0.2) is 36.4 Å². The Labute approximate surface area is 112 Å². The highest BCUT2D eigenvalue weighted by molar-refractivity contribution is 5.91. The summed E-state index contributed by atoms with van der Waals surface area (Å²) in [6.45, 7) is 0. The van der Waals surface area contributed by atoms with Crippen molar-refractivity contribution in [2.45, 2.75) is 12.5 Å². The molecule has 2 aromatic rings. The van der Waals surface area contributed by atoms with Gasteiger partial charge in [0.1, 0.15) is 5.75 Å². The first kappa shape index (κ1) is 13.4. The summed E-state index contributed by atoms with van der Waals surface area (Å²) in [6.07, 6.45) is 0.271. The second kappa shape index (κ2) is 5.71. The molecule has 1 amide bonds. The topological polar surface area (TPSA) is 64.3 Å². The fraction of sp³-hybridized carbons (Fsp3) is 0.267. The predicted molar refractivity (Wildman–Crippen MR) is 76.1 cm³/mol. The number of primary amides is 1. The van der Waals surface area contributed by atoms with Gasteiger partial charge in [0.2, 0.25) is 5.91 Å². The molecule has 0 saturated carbocycles. The molecule has 0 heterocycles. The van der Waals surface area contributed by atoms with Crippen LogP contribution in [-0.2, 0) is 4.79 Å². The largest absolute Gasteiger partial charge is 0.496 e. The Kier molecular flexibility index (Phi) is 4.02. The van der Waals surface area contributed by atoms with Gasteiger partial charge >= 0.3 is 0 Å². The van der Waals surface area contributed by atoms with Crippen LogP contribution in [0.5, 0.6) is 5.75 Å². The molecule has 1 unspecified atom stereocenters. The van der Waals surface area contributed by atoms with Gasteiger partial charge in [-0.3, -0.25) is 4.79 Å². The van der Waals surface area contributed by atoms with Gasteiger partial charge in [-0.2, -0.15) is 0 Å². The highest BCUT2D eigenvalue weighted by Gasteiger charge is 2.16. The fourth-order valence-electron chi connectivity index (χ4n) is 2.35. The molecule has 0 fully saturated rings. The monoisotopic (exact) mass is 258 g/mol. The minimum absolute atomic E-state index is 0.0895. The molecule has 0 aromatic heterocycles. The summed E-state index contributed by atoms with van der Waals surface area (Å²) >= 11 is 0. The molecule has 0 spiro atoms. The van der Waals surface area contributed by atoms with E-state index >= 15 is 0 Å². The molecule has 0 saturated heterocycles. The highest BCUT2D eigenvalue weighted by atomic mass is 16.5. The molecular formula is C15H18N2O2. The van der Waals surface area contributed by atoms with Crippen molar-refractivity contribution in [3.63, 3.8) is 0 Å². The zero-order valence-electron chi connectivity index (χ0n) is 11.1. The van der Waals surface area contributed by atoms with E-state index in [1.807, 2.05) is 43.4 Å². The van der Waals surface area contributed by atoms with Crippen LogP contribution in [0.2, 0.25) is 0 Å². The number of carbonyl (C=O) groups excluding carboxylic acids is 1. The number of carbonyl (C=O) groups is 1. The average molecular weight is 258 g/mol. The van der Waals surface area contributed by atoms with E-state index in [2.05, 4.69) is 5.32 Å². The third-order valence-electron chi connectivity index (χ3n) is 3.27. The molecule has 0 aliphatic rings. The van der Waals surface area contributed by atoms with Crippen LogP contribution in [0.1, 0.15) is 18.0 Å². The Hall–Kier alpha value is -2.07. The van der Waals surface area contributed by atoms with E-state index < -0.39 is 0 Å². The number of ether oxygens (including phenoxy) is 1. The molecule has 0 aliphatic heterocycles. The van der Waals surface area contributed by atoms with Gasteiger partial charge in [0.15, 0.2) is 0 Å². The Morgan fingerprint density at radius 3 is 2.53 bits per heavy atom. The smallest absolute Gasteiger partial charge is 0.219 e. The summed E-state index contributed by atoms with van der Waals surface area (Å²) in [5.74, 6) is 0.507. The van der Waals surface area contributed by atoms with Crippen LogP contribution in [0, 0.1) is 0 Å². The molecule has 2 rings (SSSR count). The van der Waals surface area contributed by atoms with Crippen molar-refractivity contribution >= 4 is 16.7 Å². The van der Waals surface area contributed by atoms with Crippen LogP contribution >= 0.6 is 0 Å². The van der Waals surface area contributed by atoms with Gasteiger partial charge in [0, 0.05) is 17.8 Å². The van der Waals surface area contributed by atoms with Gasteiger partial charge in [-0.15, -0.1) is 0 Å². The number of hydrogen-bond donors (Lipinski definition) is 2. The molecule has 100 valence electrons. The maximum absolute atomic E-state index is 11.2. The zero-order chi connectivity index (χ0) is 13.8. The van der Waals surface area contributed by atoms with Crippen LogP contribution in [0.4, 0.5) is 0 Å². The van der Waals surface area contributed by atoms with E-state index in [4.69, 9.17) is 10.5 Å². The molecule has 2 aromatic carbocycles. The van der Waals surface area contributed by atoms with Crippen molar-refractivity contribution in [3.8, 4) is 5.75 Å². The van der Waals surface area contributed by atoms with Crippen molar-refractivity contribution in [2.24, 2.45) is 5.73 Å². The second-order valence-electron chi connectivity index (χ2n) is 4.41. The Balaban J connectivity index is 2.57. The highest BCUT2D eigenvalue weighted by Crippen LogP contribution is 2.32. The van der Waals surface area contributed by atoms with Crippen molar-refractivity contribution in [1.82, 2.24) is 5.32 Å². The van der Waals surface area contributed by atoms with Crippen LogP contribution in [-0.4, -0.2) is 20.1 Å². The number of benzene rings is 2. The van der Waals surface area contributed by atoms with E-state index in [9.17, 15) is 4.79 Å². The van der Waals surface area contributed by atoms with Gasteiger partial charge in [-0.25, -0.2) is 0 Å². The second-order valence-corrected chi connectivity index (χ2v) is 4.41. The molecular weight excluding hydrogens is 240 g/mol. The summed E-state index contributed by atoms with van der Waals surface area (Å²) in [5.41, 5.74) is 6.36. The minimum atomic E-state index is -0.320. The quantitative estimate of drug-likeness (QED) is 0.862. The Morgan fingerprint density at radius 1 is 1.26 bits per heavy atom. The maximum atomic E-state index is 11.2. The summed E-state index contributed by atoms with van der Waals surface area (Å²) in [5, 5.41) is 5.24. The van der Waals surface area contributed by atoms with Crippen molar-refractivity contribution in [3.05, 3.63) is 42.0 Å². The lowest BCUT2D eigenvalue weighted by Gasteiger charge is -2.18. The number of methoxy groups -OCH3 is 1. The van der Waals surface area contributed by atoms with Gasteiger partial charge in [-0.1, -0.05) is 30.3 Å². The number of nitrogens with one attached hydrogen (secondary N) is 1. The van der Waals surface area contributed by atoms with Gasteiger partial charge in [0.05, 0.1) is 7.11 Å². The standard InChI is InChI=1S/C15H18N2O2/c1-17-13(9-15(16)18)11-7-8-14(19-2)12-6-4-3-5-10(11)12/h3-8,13,17H,9H2,1-2H3,(H2,16,18). The first-order valence-corrected chi connectivity index (χ1v) is 6.18. The Bertz CT molecular complexity index is 596. The lowest BCUT2D eigenvalue weighted by Crippen LogP contribution is -2.24. The summed E-state index contributed by atoms with van der Waals surface area (Å²) in [7, 11) is 3.48. The first-order valence-electron chi connectivity index (χ1n) is 6.18. The van der Waals surface area contributed by atoms with Crippen molar-refractivity contribution < 1.29 is 9.53 Å². The van der Waals surface area contributed by atoms with Crippen molar-refractivity contribution in [2.75, 3.05) is 14.2 Å². The summed E-state index contributed by atoms with van der Waals surface area (Å²) in [4.78, 5) is 11.2. The van der Waals surface area contributed by atoms with E-state index in [0.29, 0.717) is 0 Å². The molecule has 19 heavy (non-hydrogen) atoms. The summed E-state index contributed by atoms with van der Waals surface area (Å²) < 4.78 is 5.36. The lowest BCUT2D eigenvalue weighted by atomic mass is 9.96. The SMILES string of the molecule is CNC(CC(N)=O)c1ccc(OC)c2ccccc12. The molecule has 0 aliphatic carbocycles. The number of nitrogens with two attached hydrogens (primary N) is 1. The fourth-order valence-corrected chi connectivity index (χ4v) is 2.35. The van der Waals surface area contributed by atoms with E-state index in [1.54, 1.807) is 7.11 Å². The average Bonchev–Trinajstić information content (AvgIpc) is 2.43. The molecule has 0 radical (unpaired) electrons. The van der Waals surface area contributed by atoms with Crippen LogP contribution in [0.25, 0.3) is 10.8 Å². The lowest BCUT2D eigenvalue weighted by molar-refractivity contribution is -0.118.